The van der Waals surface area contributed by atoms with E-state index in [1.54, 1.807) is 6.20 Å². The molecule has 2 aromatic rings. The van der Waals surface area contributed by atoms with E-state index >= 15 is 0 Å². The SMILES string of the molecule is CCCOc1ccc(C(F)(F)F)cc1C(C)Cc1cn[nH]n1. The zero-order valence-electron chi connectivity index (χ0n) is 12.4. The molecule has 0 aliphatic carbocycles. The van der Waals surface area contributed by atoms with Crippen molar-refractivity contribution in [3.8, 4) is 5.75 Å². The first kappa shape index (κ1) is 16.3. The Morgan fingerprint density at radius 3 is 2.68 bits per heavy atom. The molecular formula is C15H18F3N3O. The molecule has 0 saturated carbocycles. The van der Waals surface area contributed by atoms with Gasteiger partial charge < -0.3 is 4.74 Å². The fraction of sp³-hybridized carbons (Fsp3) is 0.467. The number of aromatic amines is 1. The predicted molar refractivity (Wildman–Crippen MR) is 75.7 cm³/mol. The molecular weight excluding hydrogens is 295 g/mol. The normalized spacial score (nSPS) is 13.1. The van der Waals surface area contributed by atoms with Crippen LogP contribution < -0.4 is 4.74 Å². The second kappa shape index (κ2) is 6.81. The molecule has 2 rings (SSSR count). The molecule has 120 valence electrons. The van der Waals surface area contributed by atoms with Crippen molar-refractivity contribution in [1.29, 1.82) is 0 Å². The predicted octanol–water partition coefficient (Wildman–Crippen LogP) is 3.96. The van der Waals surface area contributed by atoms with Crippen molar-refractivity contribution in [3.05, 3.63) is 41.2 Å². The lowest BCUT2D eigenvalue weighted by Gasteiger charge is -2.18. The minimum atomic E-state index is -4.37. The molecule has 1 atom stereocenters. The van der Waals surface area contributed by atoms with Gasteiger partial charge in [-0.2, -0.15) is 28.6 Å². The summed E-state index contributed by atoms with van der Waals surface area (Å²) in [7, 11) is 0. The zero-order valence-corrected chi connectivity index (χ0v) is 12.4. The van der Waals surface area contributed by atoms with Crippen LogP contribution in [0.1, 0.15) is 43.0 Å². The highest BCUT2D eigenvalue weighted by atomic mass is 19.4. The molecule has 0 fully saturated rings. The number of H-pyrrole nitrogens is 1. The van der Waals surface area contributed by atoms with E-state index in [0.717, 1.165) is 18.6 Å². The summed E-state index contributed by atoms with van der Waals surface area (Å²) in [5.41, 5.74) is 0.566. The van der Waals surface area contributed by atoms with Crippen LogP contribution in [-0.4, -0.2) is 22.0 Å². The summed E-state index contributed by atoms with van der Waals surface area (Å²) in [6.45, 7) is 4.26. The van der Waals surface area contributed by atoms with E-state index in [1.165, 1.54) is 6.07 Å². The average Bonchev–Trinajstić information content (AvgIpc) is 2.96. The van der Waals surface area contributed by atoms with Crippen LogP contribution in [0.3, 0.4) is 0 Å². The Labute approximate surface area is 126 Å². The lowest BCUT2D eigenvalue weighted by atomic mass is 9.94. The fourth-order valence-corrected chi connectivity index (χ4v) is 2.20. The van der Waals surface area contributed by atoms with Crippen molar-refractivity contribution < 1.29 is 17.9 Å². The Morgan fingerprint density at radius 1 is 1.32 bits per heavy atom. The van der Waals surface area contributed by atoms with Crippen molar-refractivity contribution in [1.82, 2.24) is 15.4 Å². The first-order valence-corrected chi connectivity index (χ1v) is 7.10. The fourth-order valence-electron chi connectivity index (χ4n) is 2.20. The van der Waals surface area contributed by atoms with Crippen LogP contribution in [0.25, 0.3) is 0 Å². The summed E-state index contributed by atoms with van der Waals surface area (Å²) < 4.78 is 44.4. The third-order valence-corrected chi connectivity index (χ3v) is 3.31. The number of aromatic nitrogens is 3. The minimum absolute atomic E-state index is 0.167. The summed E-state index contributed by atoms with van der Waals surface area (Å²) in [5.74, 6) is 0.324. The van der Waals surface area contributed by atoms with E-state index in [2.05, 4.69) is 15.4 Å². The molecule has 0 saturated heterocycles. The first-order chi connectivity index (χ1) is 10.4. The largest absolute Gasteiger partial charge is 0.493 e. The molecule has 1 aromatic carbocycles. The molecule has 0 spiro atoms. The molecule has 7 heteroatoms. The Morgan fingerprint density at radius 2 is 2.09 bits per heavy atom. The topological polar surface area (TPSA) is 50.8 Å². The lowest BCUT2D eigenvalue weighted by molar-refractivity contribution is -0.137. The summed E-state index contributed by atoms with van der Waals surface area (Å²) in [4.78, 5) is 0. The number of nitrogens with zero attached hydrogens (tertiary/aromatic N) is 2. The maximum absolute atomic E-state index is 12.9. The second-order valence-corrected chi connectivity index (χ2v) is 5.17. The molecule has 1 unspecified atom stereocenters. The molecule has 4 nitrogen and oxygen atoms in total. The van der Waals surface area contributed by atoms with Crippen LogP contribution in [0.4, 0.5) is 13.2 Å². The van der Waals surface area contributed by atoms with E-state index in [-0.39, 0.29) is 5.92 Å². The van der Waals surface area contributed by atoms with Crippen molar-refractivity contribution >= 4 is 0 Å². The van der Waals surface area contributed by atoms with Crippen LogP contribution in [0.5, 0.6) is 5.75 Å². The molecule has 22 heavy (non-hydrogen) atoms. The van der Waals surface area contributed by atoms with Crippen molar-refractivity contribution in [2.75, 3.05) is 6.61 Å². The highest BCUT2D eigenvalue weighted by molar-refractivity contribution is 5.41. The Balaban J connectivity index is 2.31. The van der Waals surface area contributed by atoms with Gasteiger partial charge >= 0.3 is 6.18 Å². The Kier molecular flexibility index (Phi) is 5.05. The van der Waals surface area contributed by atoms with Crippen LogP contribution in [0, 0.1) is 0 Å². The van der Waals surface area contributed by atoms with E-state index in [0.29, 0.717) is 30.0 Å². The second-order valence-electron chi connectivity index (χ2n) is 5.17. The third kappa shape index (κ3) is 3.99. The number of halogens is 3. The Bertz CT molecular complexity index is 597. The van der Waals surface area contributed by atoms with Crippen LogP contribution in [0.2, 0.25) is 0 Å². The molecule has 0 bridgehead atoms. The molecule has 0 aliphatic heterocycles. The number of nitrogens with one attached hydrogen (secondary N) is 1. The first-order valence-electron chi connectivity index (χ1n) is 7.10. The summed E-state index contributed by atoms with van der Waals surface area (Å²) in [6, 6.07) is 3.61. The monoisotopic (exact) mass is 313 g/mol. The van der Waals surface area contributed by atoms with Gasteiger partial charge in [0.2, 0.25) is 0 Å². The van der Waals surface area contributed by atoms with Crippen LogP contribution in [-0.2, 0) is 12.6 Å². The van der Waals surface area contributed by atoms with Crippen LogP contribution in [0.15, 0.2) is 24.4 Å². The molecule has 0 radical (unpaired) electrons. The summed E-state index contributed by atoms with van der Waals surface area (Å²) in [6.07, 6.45) is -1.53. The number of alkyl halides is 3. The van der Waals surface area contributed by atoms with Crippen molar-refractivity contribution in [3.63, 3.8) is 0 Å². The van der Waals surface area contributed by atoms with Crippen molar-refractivity contribution in [2.45, 2.75) is 38.8 Å². The van der Waals surface area contributed by atoms with Gasteiger partial charge in [0.1, 0.15) is 5.75 Å². The highest BCUT2D eigenvalue weighted by Crippen LogP contribution is 2.36. The summed E-state index contributed by atoms with van der Waals surface area (Å²) >= 11 is 0. The van der Waals surface area contributed by atoms with Gasteiger partial charge in [-0.3, -0.25) is 0 Å². The zero-order chi connectivity index (χ0) is 16.2. The maximum atomic E-state index is 12.9. The molecule has 0 amide bonds. The highest BCUT2D eigenvalue weighted by Gasteiger charge is 2.31. The van der Waals surface area contributed by atoms with Gasteiger partial charge in [-0.25, -0.2) is 0 Å². The van der Waals surface area contributed by atoms with Gasteiger partial charge in [0.25, 0.3) is 0 Å². The number of benzene rings is 1. The van der Waals surface area contributed by atoms with Gasteiger partial charge in [-0.1, -0.05) is 13.8 Å². The van der Waals surface area contributed by atoms with E-state index < -0.39 is 11.7 Å². The lowest BCUT2D eigenvalue weighted by Crippen LogP contribution is -2.09. The molecule has 1 N–H and O–H groups in total. The van der Waals surface area contributed by atoms with Crippen LogP contribution >= 0.6 is 0 Å². The number of rotatable bonds is 6. The Hall–Kier alpha value is -2.05. The third-order valence-electron chi connectivity index (χ3n) is 3.31. The van der Waals surface area contributed by atoms with Gasteiger partial charge in [-0.15, -0.1) is 0 Å². The van der Waals surface area contributed by atoms with Gasteiger partial charge in [0, 0.05) is 0 Å². The quantitative estimate of drug-likeness (QED) is 0.878. The number of hydrogen-bond acceptors (Lipinski definition) is 3. The van der Waals surface area contributed by atoms with Gasteiger partial charge in [-0.05, 0) is 42.5 Å². The molecule has 0 aliphatic rings. The standard InChI is InChI=1S/C15H18F3N3O/c1-3-6-22-14-5-4-11(15(16,17)18)8-13(14)10(2)7-12-9-19-21-20-12/h4-5,8-10H,3,6-7H2,1-2H3,(H,19,20,21). The van der Waals surface area contributed by atoms with Crippen molar-refractivity contribution in [2.24, 2.45) is 0 Å². The number of ether oxygens (including phenoxy) is 1. The van der Waals surface area contributed by atoms with Gasteiger partial charge in [0.15, 0.2) is 0 Å². The number of hydrogen-bond donors (Lipinski definition) is 1. The smallest absolute Gasteiger partial charge is 0.416 e. The van der Waals surface area contributed by atoms with Gasteiger partial charge in [0.05, 0.1) is 24.1 Å². The molecule has 1 aromatic heterocycles. The van der Waals surface area contributed by atoms with E-state index in [9.17, 15) is 13.2 Å². The maximum Gasteiger partial charge on any atom is 0.416 e. The average molecular weight is 313 g/mol. The molecule has 1 heterocycles. The van der Waals surface area contributed by atoms with E-state index in [1.807, 2.05) is 13.8 Å². The van der Waals surface area contributed by atoms with E-state index in [4.69, 9.17) is 4.74 Å². The summed E-state index contributed by atoms with van der Waals surface area (Å²) in [5, 5.41) is 10.2. The minimum Gasteiger partial charge on any atom is -0.493 e.